The molecule has 0 atom stereocenters. The molecule has 0 aliphatic rings. The van der Waals surface area contributed by atoms with Gasteiger partial charge in [-0.25, -0.2) is 9.97 Å². The first-order chi connectivity index (χ1) is 10.8. The Bertz CT molecular complexity index is 963. The zero-order valence-electron chi connectivity index (χ0n) is 12.0. The fourth-order valence-corrected chi connectivity index (χ4v) is 3.24. The third-order valence-electron chi connectivity index (χ3n) is 3.46. The zero-order chi connectivity index (χ0) is 14.9. The minimum atomic E-state index is 0.722. The van der Waals surface area contributed by atoms with E-state index < -0.39 is 0 Å². The van der Waals surface area contributed by atoms with Crippen molar-refractivity contribution >= 4 is 28.4 Å². The van der Waals surface area contributed by atoms with Gasteiger partial charge in [0.05, 0.1) is 22.4 Å². The monoisotopic (exact) mass is 307 g/mol. The van der Waals surface area contributed by atoms with Crippen LogP contribution < -0.4 is 0 Å². The Morgan fingerprint density at radius 3 is 2.59 bits per heavy atom. The second kappa shape index (κ2) is 5.38. The normalized spacial score (nSPS) is 11.3. The molecule has 3 aromatic heterocycles. The van der Waals surface area contributed by atoms with E-state index in [2.05, 4.69) is 15.2 Å². The molecule has 3 heterocycles. The van der Waals surface area contributed by atoms with Crippen molar-refractivity contribution in [3.63, 3.8) is 0 Å². The summed E-state index contributed by atoms with van der Waals surface area (Å²) in [7, 11) is 0. The molecule has 0 aliphatic heterocycles. The number of thioether (sulfide) groups is 1. The summed E-state index contributed by atoms with van der Waals surface area (Å²) in [5, 5.41) is 9.26. The van der Waals surface area contributed by atoms with Gasteiger partial charge in [-0.15, -0.1) is 10.2 Å². The number of para-hydroxylation sites is 2. The lowest BCUT2D eigenvalue weighted by Crippen LogP contribution is -1.97. The number of fused-ring (bicyclic) bond motifs is 2. The summed E-state index contributed by atoms with van der Waals surface area (Å²) in [4.78, 5) is 9.33. The second-order valence-electron chi connectivity index (χ2n) is 4.94. The van der Waals surface area contributed by atoms with Crippen LogP contribution in [0.25, 0.3) is 16.7 Å². The van der Waals surface area contributed by atoms with Gasteiger partial charge in [0.15, 0.2) is 10.8 Å². The van der Waals surface area contributed by atoms with Crippen LogP contribution in [0.15, 0.2) is 53.8 Å². The molecule has 6 heteroatoms. The van der Waals surface area contributed by atoms with Gasteiger partial charge >= 0.3 is 0 Å². The maximum atomic E-state index is 4.71. The Kier molecular flexibility index (Phi) is 3.23. The molecule has 0 unspecified atom stereocenters. The third-order valence-corrected chi connectivity index (χ3v) is 4.42. The first-order valence-electron chi connectivity index (χ1n) is 6.96. The van der Waals surface area contributed by atoms with Gasteiger partial charge in [-0.05, 0) is 31.2 Å². The number of aryl methyl sites for hydroxylation is 1. The molecule has 4 rings (SSSR count). The number of benzene rings is 1. The van der Waals surface area contributed by atoms with Crippen LogP contribution in [0.5, 0.6) is 0 Å². The van der Waals surface area contributed by atoms with Crippen molar-refractivity contribution in [2.45, 2.75) is 17.8 Å². The van der Waals surface area contributed by atoms with Gasteiger partial charge in [-0.3, -0.25) is 4.40 Å². The predicted molar refractivity (Wildman–Crippen MR) is 86.8 cm³/mol. The SMILES string of the molecule is Cc1nc2ccccc2nc1CSc1nnc2ccccn12. The van der Waals surface area contributed by atoms with Crippen LogP contribution in [-0.4, -0.2) is 24.6 Å². The van der Waals surface area contributed by atoms with Crippen LogP contribution in [0.3, 0.4) is 0 Å². The molecule has 0 spiro atoms. The first kappa shape index (κ1) is 13.2. The molecular weight excluding hydrogens is 294 g/mol. The van der Waals surface area contributed by atoms with E-state index in [1.165, 1.54) is 0 Å². The minimum absolute atomic E-state index is 0.722. The molecular formula is C16H13N5S. The highest BCUT2D eigenvalue weighted by atomic mass is 32.2. The quantitative estimate of drug-likeness (QED) is 0.544. The average molecular weight is 307 g/mol. The van der Waals surface area contributed by atoms with Crippen LogP contribution >= 0.6 is 11.8 Å². The molecule has 1 aromatic carbocycles. The lowest BCUT2D eigenvalue weighted by molar-refractivity contribution is 0.919. The minimum Gasteiger partial charge on any atom is -0.277 e. The Morgan fingerprint density at radius 1 is 0.955 bits per heavy atom. The molecule has 22 heavy (non-hydrogen) atoms. The van der Waals surface area contributed by atoms with E-state index in [0.717, 1.165) is 39.0 Å². The summed E-state index contributed by atoms with van der Waals surface area (Å²) in [6, 6.07) is 13.8. The summed E-state index contributed by atoms with van der Waals surface area (Å²) in [6.07, 6.45) is 1.97. The van der Waals surface area contributed by atoms with Gasteiger partial charge in [-0.1, -0.05) is 30.0 Å². The third kappa shape index (κ3) is 2.31. The largest absolute Gasteiger partial charge is 0.277 e. The van der Waals surface area contributed by atoms with Crippen molar-refractivity contribution in [1.82, 2.24) is 24.6 Å². The van der Waals surface area contributed by atoms with Crippen molar-refractivity contribution < 1.29 is 0 Å². The van der Waals surface area contributed by atoms with Crippen molar-refractivity contribution in [3.8, 4) is 0 Å². The van der Waals surface area contributed by atoms with E-state index in [4.69, 9.17) is 4.98 Å². The van der Waals surface area contributed by atoms with Crippen LogP contribution in [-0.2, 0) is 5.75 Å². The van der Waals surface area contributed by atoms with Gasteiger partial charge < -0.3 is 0 Å². The molecule has 0 saturated carbocycles. The molecule has 0 fully saturated rings. The van der Waals surface area contributed by atoms with E-state index in [0.29, 0.717) is 0 Å². The first-order valence-corrected chi connectivity index (χ1v) is 7.95. The summed E-state index contributed by atoms with van der Waals surface area (Å²) >= 11 is 1.62. The van der Waals surface area contributed by atoms with E-state index in [-0.39, 0.29) is 0 Å². The van der Waals surface area contributed by atoms with Gasteiger partial charge in [0.1, 0.15) is 0 Å². The number of hydrogen-bond donors (Lipinski definition) is 0. The van der Waals surface area contributed by atoms with E-state index in [1.807, 2.05) is 60.0 Å². The lowest BCUT2D eigenvalue weighted by Gasteiger charge is -2.05. The van der Waals surface area contributed by atoms with Crippen molar-refractivity contribution in [1.29, 1.82) is 0 Å². The van der Waals surface area contributed by atoms with Crippen LogP contribution in [0.4, 0.5) is 0 Å². The molecule has 5 nitrogen and oxygen atoms in total. The van der Waals surface area contributed by atoms with Crippen molar-refractivity contribution in [2.75, 3.05) is 0 Å². The molecule has 4 aromatic rings. The Hall–Kier alpha value is -2.47. The molecule has 0 bridgehead atoms. The number of nitrogens with zero attached hydrogens (tertiary/aromatic N) is 5. The number of rotatable bonds is 3. The Balaban J connectivity index is 1.65. The van der Waals surface area contributed by atoms with Gasteiger partial charge in [0, 0.05) is 11.9 Å². The predicted octanol–water partition coefficient (Wildman–Crippen LogP) is 3.27. The fourth-order valence-electron chi connectivity index (χ4n) is 2.31. The van der Waals surface area contributed by atoms with Crippen molar-refractivity contribution in [3.05, 3.63) is 60.0 Å². The standard InChI is InChI=1S/C16H13N5S/c1-11-14(18-13-7-3-2-6-12(13)17-11)10-22-16-20-19-15-8-4-5-9-21(15)16/h2-9H,10H2,1H3. The zero-order valence-corrected chi connectivity index (χ0v) is 12.8. The summed E-state index contributed by atoms with van der Waals surface area (Å²) in [5.74, 6) is 0.722. The number of hydrogen-bond acceptors (Lipinski definition) is 5. The Morgan fingerprint density at radius 2 is 1.73 bits per heavy atom. The number of aromatic nitrogens is 5. The summed E-state index contributed by atoms with van der Waals surface area (Å²) in [6.45, 7) is 2.00. The maximum absolute atomic E-state index is 4.71. The summed E-state index contributed by atoms with van der Waals surface area (Å²) < 4.78 is 1.98. The highest BCUT2D eigenvalue weighted by molar-refractivity contribution is 7.98. The van der Waals surface area contributed by atoms with Gasteiger partial charge in [0.25, 0.3) is 0 Å². The van der Waals surface area contributed by atoms with Crippen LogP contribution in [0.2, 0.25) is 0 Å². The van der Waals surface area contributed by atoms with Gasteiger partial charge in [-0.2, -0.15) is 0 Å². The van der Waals surface area contributed by atoms with E-state index in [1.54, 1.807) is 11.8 Å². The maximum Gasteiger partial charge on any atom is 0.195 e. The van der Waals surface area contributed by atoms with Crippen LogP contribution in [0.1, 0.15) is 11.4 Å². The van der Waals surface area contributed by atoms with Crippen LogP contribution in [0, 0.1) is 6.92 Å². The lowest BCUT2D eigenvalue weighted by atomic mass is 10.2. The highest BCUT2D eigenvalue weighted by Gasteiger charge is 2.09. The smallest absolute Gasteiger partial charge is 0.195 e. The van der Waals surface area contributed by atoms with E-state index >= 15 is 0 Å². The Labute approximate surface area is 131 Å². The second-order valence-corrected chi connectivity index (χ2v) is 5.89. The topological polar surface area (TPSA) is 56.0 Å². The summed E-state index contributed by atoms with van der Waals surface area (Å²) in [5.41, 5.74) is 4.65. The fraction of sp³-hybridized carbons (Fsp3) is 0.125. The molecule has 0 radical (unpaired) electrons. The van der Waals surface area contributed by atoms with Crippen molar-refractivity contribution in [2.24, 2.45) is 0 Å². The molecule has 0 saturated heterocycles. The average Bonchev–Trinajstić information content (AvgIpc) is 2.96. The molecule has 108 valence electrons. The molecule has 0 N–H and O–H groups in total. The number of pyridine rings is 1. The molecule has 0 aliphatic carbocycles. The highest BCUT2D eigenvalue weighted by Crippen LogP contribution is 2.23. The molecule has 0 amide bonds. The van der Waals surface area contributed by atoms with Gasteiger partial charge in [0.2, 0.25) is 0 Å². The van der Waals surface area contributed by atoms with E-state index in [9.17, 15) is 0 Å².